The lowest BCUT2D eigenvalue weighted by Gasteiger charge is -2.36. The molecule has 7 nitrogen and oxygen atoms in total. The summed E-state index contributed by atoms with van der Waals surface area (Å²) >= 11 is 12.4. The summed E-state index contributed by atoms with van der Waals surface area (Å²) in [7, 11) is 0. The molecule has 1 fully saturated rings. The number of carbonyl (C=O) groups is 2. The number of nitrogen functional groups attached to an aromatic ring is 1. The molecule has 5 rings (SSSR count). The van der Waals surface area contributed by atoms with E-state index in [9.17, 15) is 9.59 Å². The molecule has 1 saturated heterocycles. The van der Waals surface area contributed by atoms with Crippen molar-refractivity contribution < 1.29 is 14.3 Å². The number of nitrogens with two attached hydrogens (primary N) is 1. The van der Waals surface area contributed by atoms with Crippen LogP contribution in [0.15, 0.2) is 60.7 Å². The number of nitrogens with zero attached hydrogens (tertiary/aromatic N) is 3. The van der Waals surface area contributed by atoms with E-state index in [0.717, 1.165) is 13.1 Å². The highest BCUT2D eigenvalue weighted by Gasteiger charge is 2.43. The van der Waals surface area contributed by atoms with Gasteiger partial charge < -0.3 is 20.3 Å². The van der Waals surface area contributed by atoms with E-state index in [1.807, 2.05) is 19.1 Å². The number of ether oxygens (including phenoxy) is 1. The van der Waals surface area contributed by atoms with E-state index in [-0.39, 0.29) is 24.2 Å². The molecule has 1 unspecified atom stereocenters. The number of fused-ring (bicyclic) bond motifs is 1. The third-order valence-electron chi connectivity index (χ3n) is 7.65. The first-order valence-electron chi connectivity index (χ1n) is 13.6. The molecular weight excluding hydrogens is 595 g/mol. The molecular formula is C32H33Cl3N4O3. The Hall–Kier alpha value is -3.25. The molecule has 42 heavy (non-hydrogen) atoms. The monoisotopic (exact) mass is 626 g/mol. The van der Waals surface area contributed by atoms with E-state index in [1.54, 1.807) is 65.3 Å². The predicted molar refractivity (Wildman–Crippen MR) is 170 cm³/mol. The number of hydrogen-bond donors (Lipinski definition) is 1. The standard InChI is InChI=1S/C32H32Cl2N4O3.ClH/c1-3-4-22-5-12-29-27(19-22)31(39)38(21(2)26-11-10-25(34)20-28(26)35)30(23-6-8-24(33)9-7-23)32(40)37(29)14-13-36-15-17-41-18-16-36;/h5-12,19-21,30H,13-18,35H2,1-2H3;1H/t21-,30?;/m1./s1. The maximum Gasteiger partial charge on any atom is 0.257 e. The van der Waals surface area contributed by atoms with Crippen molar-refractivity contribution in [3.63, 3.8) is 0 Å². The molecule has 2 aliphatic rings. The second kappa shape index (κ2) is 13.8. The predicted octanol–water partition coefficient (Wildman–Crippen LogP) is 5.99. The molecule has 2 N–H and O–H groups in total. The van der Waals surface area contributed by atoms with Gasteiger partial charge in [0.25, 0.3) is 11.8 Å². The largest absolute Gasteiger partial charge is 0.398 e. The number of morpholine rings is 1. The van der Waals surface area contributed by atoms with E-state index in [4.69, 9.17) is 33.7 Å². The van der Waals surface area contributed by atoms with Crippen molar-refractivity contribution in [2.45, 2.75) is 25.9 Å². The van der Waals surface area contributed by atoms with Gasteiger partial charge in [-0.1, -0.05) is 47.3 Å². The summed E-state index contributed by atoms with van der Waals surface area (Å²) in [6.07, 6.45) is 0. The number of carbonyl (C=O) groups excluding carboxylic acids is 2. The van der Waals surface area contributed by atoms with Gasteiger partial charge in [0.05, 0.1) is 30.5 Å². The highest BCUT2D eigenvalue weighted by Crippen LogP contribution is 2.41. The van der Waals surface area contributed by atoms with Gasteiger partial charge in [0.2, 0.25) is 0 Å². The quantitative estimate of drug-likeness (QED) is 0.268. The van der Waals surface area contributed by atoms with Crippen LogP contribution in [0.3, 0.4) is 0 Å². The molecule has 220 valence electrons. The second-order valence-electron chi connectivity index (χ2n) is 10.2. The zero-order valence-corrected chi connectivity index (χ0v) is 25.8. The number of halogens is 3. The van der Waals surface area contributed by atoms with Gasteiger partial charge in [0.15, 0.2) is 0 Å². The van der Waals surface area contributed by atoms with Gasteiger partial charge in [-0.15, -0.1) is 18.3 Å². The molecule has 0 saturated carbocycles. The van der Waals surface area contributed by atoms with Gasteiger partial charge in [-0.25, -0.2) is 0 Å². The van der Waals surface area contributed by atoms with Crippen molar-refractivity contribution in [1.29, 1.82) is 0 Å². The van der Waals surface area contributed by atoms with Crippen LogP contribution in [0.1, 0.15) is 53.0 Å². The fraction of sp³-hybridized carbons (Fsp3) is 0.312. The lowest BCUT2D eigenvalue weighted by Crippen LogP contribution is -2.47. The van der Waals surface area contributed by atoms with Gasteiger partial charge in [-0.05, 0) is 67.4 Å². The van der Waals surface area contributed by atoms with Gasteiger partial charge in [0.1, 0.15) is 6.04 Å². The van der Waals surface area contributed by atoms with Crippen LogP contribution in [0.4, 0.5) is 11.4 Å². The van der Waals surface area contributed by atoms with Crippen LogP contribution in [0, 0.1) is 11.8 Å². The molecule has 2 aliphatic heterocycles. The van der Waals surface area contributed by atoms with Crippen LogP contribution < -0.4 is 10.6 Å². The molecule has 10 heteroatoms. The first-order chi connectivity index (χ1) is 19.8. The minimum atomic E-state index is -0.928. The van der Waals surface area contributed by atoms with Gasteiger partial charge in [-0.2, -0.15) is 0 Å². The second-order valence-corrected chi connectivity index (χ2v) is 11.0. The summed E-state index contributed by atoms with van der Waals surface area (Å²) in [4.78, 5) is 34.9. The average molecular weight is 628 g/mol. The minimum absolute atomic E-state index is 0. The maximum absolute atomic E-state index is 14.7. The molecule has 2 atom stereocenters. The zero-order valence-electron chi connectivity index (χ0n) is 23.5. The molecule has 3 aromatic carbocycles. The van der Waals surface area contributed by atoms with Crippen LogP contribution >= 0.6 is 35.6 Å². The van der Waals surface area contributed by atoms with Crippen molar-refractivity contribution >= 4 is 58.8 Å². The summed E-state index contributed by atoms with van der Waals surface area (Å²) in [6.45, 7) is 7.58. The molecule has 0 aromatic heterocycles. The molecule has 0 spiro atoms. The van der Waals surface area contributed by atoms with Gasteiger partial charge in [0, 0.05) is 47.5 Å². The Morgan fingerprint density at radius 3 is 2.33 bits per heavy atom. The highest BCUT2D eigenvalue weighted by molar-refractivity contribution is 6.31. The Labute approximate surface area is 262 Å². The first kappa shape index (κ1) is 31.7. The summed E-state index contributed by atoms with van der Waals surface area (Å²) in [5, 5.41) is 1.03. The number of rotatable bonds is 6. The fourth-order valence-electron chi connectivity index (χ4n) is 5.53. The molecule has 2 heterocycles. The SMILES string of the molecule is CC#Cc1ccc2c(c1)C(=O)N([C@H](C)c1ccc(Cl)cc1N)C(c1ccc(Cl)cc1)C(=O)N2CCN1CCOCC1.Cl. The van der Waals surface area contributed by atoms with Crippen LogP contribution in [-0.4, -0.2) is 61.0 Å². The van der Waals surface area contributed by atoms with E-state index < -0.39 is 12.1 Å². The van der Waals surface area contributed by atoms with Crippen LogP contribution in [0.25, 0.3) is 0 Å². The third-order valence-corrected chi connectivity index (χ3v) is 8.13. The lowest BCUT2D eigenvalue weighted by atomic mass is 9.97. The Balaban J connectivity index is 0.00000405. The van der Waals surface area contributed by atoms with Gasteiger partial charge in [-0.3, -0.25) is 14.5 Å². The van der Waals surface area contributed by atoms with E-state index in [1.165, 1.54) is 0 Å². The molecule has 3 aromatic rings. The topological polar surface area (TPSA) is 79.1 Å². The van der Waals surface area contributed by atoms with Crippen LogP contribution in [0.2, 0.25) is 10.0 Å². The first-order valence-corrected chi connectivity index (χ1v) is 14.4. The number of anilines is 2. The molecule has 0 bridgehead atoms. The molecule has 0 radical (unpaired) electrons. The maximum atomic E-state index is 14.7. The third kappa shape index (κ3) is 6.54. The van der Waals surface area contributed by atoms with Crippen molar-refractivity contribution in [1.82, 2.24) is 9.80 Å². The van der Waals surface area contributed by atoms with Crippen LogP contribution in [0.5, 0.6) is 0 Å². The average Bonchev–Trinajstić information content (AvgIpc) is 3.05. The lowest BCUT2D eigenvalue weighted by molar-refractivity contribution is -0.123. The number of benzene rings is 3. The Morgan fingerprint density at radius 2 is 1.67 bits per heavy atom. The Bertz CT molecular complexity index is 1510. The summed E-state index contributed by atoms with van der Waals surface area (Å²) in [5.74, 6) is 5.46. The summed E-state index contributed by atoms with van der Waals surface area (Å²) in [5.41, 5.74) is 9.87. The number of hydrogen-bond acceptors (Lipinski definition) is 5. The minimum Gasteiger partial charge on any atom is -0.398 e. The summed E-state index contributed by atoms with van der Waals surface area (Å²) in [6, 6.07) is 16.2. The van der Waals surface area contributed by atoms with Crippen molar-refractivity contribution in [3.8, 4) is 11.8 Å². The highest BCUT2D eigenvalue weighted by atomic mass is 35.5. The molecule has 0 aliphatic carbocycles. The van der Waals surface area contributed by atoms with E-state index >= 15 is 0 Å². The Kier molecular flexibility index (Phi) is 10.4. The van der Waals surface area contributed by atoms with Crippen molar-refractivity contribution in [3.05, 3.63) is 93.0 Å². The fourth-order valence-corrected chi connectivity index (χ4v) is 5.83. The van der Waals surface area contributed by atoms with E-state index in [0.29, 0.717) is 70.0 Å². The van der Waals surface area contributed by atoms with Crippen molar-refractivity contribution in [2.24, 2.45) is 0 Å². The van der Waals surface area contributed by atoms with E-state index in [2.05, 4.69) is 16.7 Å². The molecule has 2 amide bonds. The number of amides is 2. The van der Waals surface area contributed by atoms with Crippen molar-refractivity contribution in [2.75, 3.05) is 50.0 Å². The van der Waals surface area contributed by atoms with Gasteiger partial charge >= 0.3 is 0 Å². The normalized spacial score (nSPS) is 18.0. The summed E-state index contributed by atoms with van der Waals surface area (Å²) < 4.78 is 5.51. The van der Waals surface area contributed by atoms with Crippen LogP contribution in [-0.2, 0) is 9.53 Å². The zero-order chi connectivity index (χ0) is 29.1. The smallest absolute Gasteiger partial charge is 0.257 e. The Morgan fingerprint density at radius 1 is 0.976 bits per heavy atom.